The molecule has 126 heavy (non-hydrogen) atoms. The van der Waals surface area contributed by atoms with E-state index in [1.54, 1.807) is 22.7 Å². The quantitative estimate of drug-likeness (QED) is 0.148. The van der Waals surface area contributed by atoms with Crippen molar-refractivity contribution >= 4 is 215 Å². The molecule has 0 saturated carbocycles. The summed E-state index contributed by atoms with van der Waals surface area (Å²) in [6, 6.07) is 138. The molecule has 0 aliphatic carbocycles. The summed E-state index contributed by atoms with van der Waals surface area (Å²) < 4.78 is 23.8. The van der Waals surface area contributed by atoms with Gasteiger partial charge in [-0.25, -0.2) is 29.9 Å². The summed E-state index contributed by atoms with van der Waals surface area (Å²) in [4.78, 5) is 32.0. The van der Waals surface area contributed by atoms with Crippen LogP contribution in [-0.2, 0) is 0 Å². The van der Waals surface area contributed by atoms with Crippen molar-refractivity contribution in [2.75, 3.05) is 0 Å². The van der Waals surface area contributed by atoms with Crippen LogP contribution in [0.5, 0.6) is 0 Å². The summed E-state index contributed by atoms with van der Waals surface area (Å²) in [7, 11) is 0. The topological polar surface area (TPSA) is 113 Å². The molecule has 8 aromatic heterocycles. The third-order valence-corrected chi connectivity index (χ3v) is 27.9. The molecule has 8 heterocycles. The molecular weight excluding hydrogens is 1580 g/mol. The van der Waals surface area contributed by atoms with Gasteiger partial charge in [-0.3, -0.25) is 0 Å². The second kappa shape index (κ2) is 27.6. The van der Waals surface area contributed by atoms with Crippen molar-refractivity contribution in [2.24, 2.45) is 0 Å². The lowest BCUT2D eigenvalue weighted by molar-refractivity contribution is 0.666. The second-order valence-corrected chi connectivity index (χ2v) is 34.9. The fourth-order valence-electron chi connectivity index (χ4n) is 19.7. The van der Waals surface area contributed by atoms with Crippen LogP contribution in [0.1, 0.15) is 0 Å². The van der Waals surface area contributed by atoms with Gasteiger partial charge in [0.1, 0.15) is 11.2 Å². The normalized spacial score (nSPS) is 12.1. The summed E-state index contributed by atoms with van der Waals surface area (Å²) in [5, 5.41) is 27.7. The number of para-hydroxylation sites is 2. The molecule has 0 atom stereocenters. The van der Waals surface area contributed by atoms with Crippen molar-refractivity contribution in [1.29, 1.82) is 0 Å². The van der Waals surface area contributed by atoms with Crippen LogP contribution in [-0.4, -0.2) is 39.0 Å². The summed E-state index contributed by atoms with van der Waals surface area (Å²) in [6.45, 7) is 0. The van der Waals surface area contributed by atoms with E-state index in [1.807, 2.05) is 12.1 Å². The lowest BCUT2D eigenvalue weighted by atomic mass is 10.0. The van der Waals surface area contributed by atoms with E-state index < -0.39 is 0 Å². The Bertz CT molecular complexity index is 9460. The Hall–Kier alpha value is -16.4. The molecule has 0 bridgehead atoms. The fourth-order valence-corrected chi connectivity index (χ4v) is 21.9. The van der Waals surface area contributed by atoms with Crippen molar-refractivity contribution in [3.8, 4) is 79.7 Å². The van der Waals surface area contributed by atoms with E-state index in [4.69, 9.17) is 38.7 Å². The zero-order chi connectivity index (χ0) is 82.3. The Balaban J connectivity index is 0.000000131. The first kappa shape index (κ1) is 70.3. The largest absolute Gasteiger partial charge is 0.454 e. The van der Waals surface area contributed by atoms with E-state index in [0.717, 1.165) is 127 Å². The molecule has 584 valence electrons. The third kappa shape index (κ3) is 11.0. The summed E-state index contributed by atoms with van der Waals surface area (Å²) in [6.07, 6.45) is 0. The van der Waals surface area contributed by atoms with Crippen LogP contribution in [0, 0.1) is 0 Å². The molecule has 0 unspecified atom stereocenters. The predicted octanol–water partition coefficient (Wildman–Crippen LogP) is 31.4. The number of fused-ring (bicyclic) bond motifs is 25. The van der Waals surface area contributed by atoms with E-state index in [9.17, 15) is 0 Å². The zero-order valence-corrected chi connectivity index (χ0v) is 68.8. The molecule has 0 fully saturated rings. The molecule has 10 nitrogen and oxygen atoms in total. The van der Waals surface area contributed by atoms with Gasteiger partial charge in [0.2, 0.25) is 0 Å². The lowest BCUT2D eigenvalue weighted by Gasteiger charge is -2.13. The average molecular weight is 1640 g/mol. The van der Waals surface area contributed by atoms with Gasteiger partial charge in [-0.05, 0) is 198 Å². The van der Waals surface area contributed by atoms with E-state index >= 15 is 0 Å². The molecule has 0 N–H and O–H groups in total. The first-order chi connectivity index (χ1) is 62.4. The Morgan fingerprint density at radius 3 is 1.06 bits per heavy atom. The van der Waals surface area contributed by atoms with Gasteiger partial charge in [0.05, 0.1) is 33.4 Å². The molecule has 12 heteroatoms. The number of rotatable bonds is 8. The van der Waals surface area contributed by atoms with Crippen LogP contribution < -0.4 is 0 Å². The molecule has 20 aromatic carbocycles. The maximum absolute atomic E-state index is 7.02. The number of aromatic nitrogens is 8. The summed E-state index contributed by atoms with van der Waals surface area (Å²) in [5.41, 5.74) is 15.0. The SMILES string of the molecule is c1ccc2cc(-c3nc(-c4ccc5sc6ccccc6c5c4)nc(-c4ccc(-n5c6cc7ccccc7cc6c6cc7ccccc7cc65)c5oc6ccccc6c45)n3)ccc2c1.c1ccc2cc3c(cc2c1)c1c2ccccc2ccc1n3-c1ccc(-c2nc(-c3ccc4sc5ccccc5c4c3)nc(-c3cccc4ccccc34)n2)c2c1oc1ccccc12. The first-order valence-electron chi connectivity index (χ1n) is 42.3. The first-order valence-corrected chi connectivity index (χ1v) is 44.0. The Kier molecular flexibility index (Phi) is 15.4. The highest BCUT2D eigenvalue weighted by atomic mass is 32.1. The van der Waals surface area contributed by atoms with Crippen molar-refractivity contribution in [2.45, 2.75) is 0 Å². The Labute approximate surface area is 725 Å². The van der Waals surface area contributed by atoms with Gasteiger partial charge in [0, 0.05) is 117 Å². The Morgan fingerprint density at radius 2 is 0.540 bits per heavy atom. The van der Waals surface area contributed by atoms with Gasteiger partial charge in [-0.15, -0.1) is 22.7 Å². The van der Waals surface area contributed by atoms with Gasteiger partial charge in [-0.1, -0.05) is 255 Å². The smallest absolute Gasteiger partial charge is 0.164 e. The van der Waals surface area contributed by atoms with Gasteiger partial charge in [0.25, 0.3) is 0 Å². The minimum atomic E-state index is 0.584. The zero-order valence-electron chi connectivity index (χ0n) is 67.2. The van der Waals surface area contributed by atoms with Crippen molar-refractivity contribution in [1.82, 2.24) is 39.0 Å². The summed E-state index contributed by atoms with van der Waals surface area (Å²) >= 11 is 3.61. The number of nitrogens with zero attached hydrogens (tertiary/aromatic N) is 8. The van der Waals surface area contributed by atoms with Crippen molar-refractivity contribution in [3.63, 3.8) is 0 Å². The molecule has 0 saturated heterocycles. The second-order valence-electron chi connectivity index (χ2n) is 32.7. The van der Waals surface area contributed by atoms with Crippen LogP contribution in [0.2, 0.25) is 0 Å². The third-order valence-electron chi connectivity index (χ3n) is 25.6. The summed E-state index contributed by atoms with van der Waals surface area (Å²) in [5.74, 6) is 3.63. The number of furan rings is 2. The highest BCUT2D eigenvalue weighted by Gasteiger charge is 2.28. The number of benzene rings is 20. The van der Waals surface area contributed by atoms with E-state index in [0.29, 0.717) is 34.9 Å². The van der Waals surface area contributed by atoms with Gasteiger partial charge in [0.15, 0.2) is 46.1 Å². The number of hydrogen-bond donors (Lipinski definition) is 0. The highest BCUT2D eigenvalue weighted by Crippen LogP contribution is 2.49. The van der Waals surface area contributed by atoms with E-state index in [1.165, 1.54) is 110 Å². The molecule has 0 aliphatic rings. The standard InChI is InChI=1S/2C57H32N4OS/c1-2-15-36-32-48-45(30-35(36)14-1)52-39-18-6-4-13-34(39)24-27-46(52)61(48)47-28-26-43(53-42-20-7-9-22-49(42)62-54(47)53)57-59-55(37-25-29-51-44(31-37)40-19-8-10-23-50(40)63-51)58-56(60-57)41-21-11-16-33-12-3-5-17-38(33)41;1-2-12-34-27-39(22-21-33(34)11-1)55-58-56(40-23-26-52-46(30-40)41-17-8-10-20-51(41)63-52)60-57(59-55)43-24-25-47(54-53(43)42-18-7-9-19-50(42)62-54)61-48-31-37-15-5-3-13-35(37)28-44(48)45-29-36-14-4-6-16-38(36)32-49(45)61/h2*1-32H. The molecule has 28 rings (SSSR count). The minimum absolute atomic E-state index is 0.584. The van der Waals surface area contributed by atoms with Gasteiger partial charge in [-0.2, -0.15) is 0 Å². The molecule has 28 aromatic rings. The minimum Gasteiger partial charge on any atom is -0.454 e. The number of hydrogen-bond acceptors (Lipinski definition) is 10. The molecular formula is C114H64N8O2S2. The molecule has 0 amide bonds. The van der Waals surface area contributed by atoms with Crippen molar-refractivity contribution in [3.05, 3.63) is 388 Å². The molecule has 0 radical (unpaired) electrons. The maximum Gasteiger partial charge on any atom is 0.164 e. The Morgan fingerprint density at radius 1 is 0.190 bits per heavy atom. The highest BCUT2D eigenvalue weighted by molar-refractivity contribution is 7.26. The molecule has 0 aliphatic heterocycles. The van der Waals surface area contributed by atoms with Gasteiger partial charge < -0.3 is 18.0 Å². The monoisotopic (exact) mass is 1640 g/mol. The number of thiophene rings is 2. The van der Waals surface area contributed by atoms with E-state index in [2.05, 4.69) is 385 Å². The van der Waals surface area contributed by atoms with Crippen LogP contribution in [0.4, 0.5) is 0 Å². The van der Waals surface area contributed by atoms with Crippen LogP contribution >= 0.6 is 22.7 Å². The van der Waals surface area contributed by atoms with Gasteiger partial charge >= 0.3 is 0 Å². The lowest BCUT2D eigenvalue weighted by Crippen LogP contribution is -2.01. The van der Waals surface area contributed by atoms with Crippen LogP contribution in [0.3, 0.4) is 0 Å². The van der Waals surface area contributed by atoms with E-state index in [-0.39, 0.29) is 0 Å². The van der Waals surface area contributed by atoms with Crippen LogP contribution in [0.15, 0.2) is 397 Å². The average Bonchev–Trinajstić information content (AvgIpc) is 1.55. The van der Waals surface area contributed by atoms with Crippen LogP contribution in [0.25, 0.3) is 272 Å². The molecule has 0 spiro atoms. The predicted molar refractivity (Wildman–Crippen MR) is 526 cm³/mol. The van der Waals surface area contributed by atoms with Crippen molar-refractivity contribution < 1.29 is 8.83 Å². The maximum atomic E-state index is 7.02. The fraction of sp³-hybridized carbons (Fsp3) is 0.